The van der Waals surface area contributed by atoms with Gasteiger partial charge >= 0.3 is 0 Å². The minimum absolute atomic E-state index is 0.0499. The van der Waals surface area contributed by atoms with Crippen molar-refractivity contribution in [3.05, 3.63) is 29.8 Å². The summed E-state index contributed by atoms with van der Waals surface area (Å²) in [4.78, 5) is 0. The molecule has 4 nitrogen and oxygen atoms in total. The standard InChI is InChI=1S/C13H21NO3S/c1-13(2,3)11-5-7-12(8-6-11)14-18(16,17)10-4-9-15/h5-8,14-15H,4,9-10H2,1-3H3. The minimum Gasteiger partial charge on any atom is -0.396 e. The van der Waals surface area contributed by atoms with Crippen LogP contribution in [0.2, 0.25) is 0 Å². The Balaban J connectivity index is 2.75. The fourth-order valence-electron chi connectivity index (χ4n) is 1.52. The molecule has 0 bridgehead atoms. The number of aliphatic hydroxyl groups is 1. The van der Waals surface area contributed by atoms with Crippen molar-refractivity contribution in [2.75, 3.05) is 17.1 Å². The third-order valence-corrected chi connectivity index (χ3v) is 3.97. The minimum atomic E-state index is -3.36. The van der Waals surface area contributed by atoms with Gasteiger partial charge in [0, 0.05) is 12.3 Å². The van der Waals surface area contributed by atoms with E-state index in [-0.39, 0.29) is 24.2 Å². The molecule has 0 unspecified atom stereocenters. The van der Waals surface area contributed by atoms with Gasteiger partial charge in [-0.25, -0.2) is 8.42 Å². The summed E-state index contributed by atoms with van der Waals surface area (Å²) in [6.45, 7) is 6.19. The van der Waals surface area contributed by atoms with E-state index >= 15 is 0 Å². The summed E-state index contributed by atoms with van der Waals surface area (Å²) in [7, 11) is -3.36. The van der Waals surface area contributed by atoms with Crippen molar-refractivity contribution in [3.8, 4) is 0 Å². The van der Waals surface area contributed by atoms with Gasteiger partial charge in [-0.3, -0.25) is 4.72 Å². The maximum atomic E-state index is 11.6. The molecule has 102 valence electrons. The largest absolute Gasteiger partial charge is 0.396 e. The van der Waals surface area contributed by atoms with Crippen molar-refractivity contribution >= 4 is 15.7 Å². The molecule has 1 aromatic carbocycles. The number of anilines is 1. The molecule has 0 aliphatic heterocycles. The fraction of sp³-hybridized carbons (Fsp3) is 0.538. The molecule has 0 radical (unpaired) electrons. The quantitative estimate of drug-likeness (QED) is 0.862. The number of hydrogen-bond acceptors (Lipinski definition) is 3. The van der Waals surface area contributed by atoms with Crippen molar-refractivity contribution in [3.63, 3.8) is 0 Å². The average molecular weight is 271 g/mol. The Hall–Kier alpha value is -1.07. The predicted molar refractivity (Wildman–Crippen MR) is 74.3 cm³/mol. The Morgan fingerprint density at radius 1 is 1.17 bits per heavy atom. The Morgan fingerprint density at radius 2 is 1.72 bits per heavy atom. The highest BCUT2D eigenvalue weighted by Gasteiger charge is 2.14. The number of hydrogen-bond donors (Lipinski definition) is 2. The van der Waals surface area contributed by atoms with Crippen LogP contribution in [0.25, 0.3) is 0 Å². The number of nitrogens with one attached hydrogen (secondary N) is 1. The van der Waals surface area contributed by atoms with E-state index in [1.807, 2.05) is 12.1 Å². The number of rotatable bonds is 5. The van der Waals surface area contributed by atoms with E-state index in [4.69, 9.17) is 5.11 Å². The molecule has 0 fully saturated rings. The molecular weight excluding hydrogens is 250 g/mol. The molecule has 0 heterocycles. The van der Waals surface area contributed by atoms with E-state index in [0.717, 1.165) is 5.56 Å². The van der Waals surface area contributed by atoms with Gasteiger partial charge in [-0.2, -0.15) is 0 Å². The maximum absolute atomic E-state index is 11.6. The van der Waals surface area contributed by atoms with Crippen molar-refractivity contribution in [1.82, 2.24) is 0 Å². The predicted octanol–water partition coefficient (Wildman–Crippen LogP) is 2.11. The molecule has 1 rings (SSSR count). The number of benzene rings is 1. The van der Waals surface area contributed by atoms with Crippen LogP contribution < -0.4 is 4.72 Å². The summed E-state index contributed by atoms with van der Waals surface area (Å²) in [6.07, 6.45) is 0.245. The molecule has 1 aromatic rings. The highest BCUT2D eigenvalue weighted by Crippen LogP contribution is 2.23. The summed E-state index contributed by atoms with van der Waals surface area (Å²) >= 11 is 0. The molecular formula is C13H21NO3S. The second kappa shape index (κ2) is 5.71. The molecule has 0 atom stereocenters. The Labute approximate surface area is 109 Å². The van der Waals surface area contributed by atoms with Crippen molar-refractivity contribution in [2.24, 2.45) is 0 Å². The van der Waals surface area contributed by atoms with Crippen LogP contribution in [0.15, 0.2) is 24.3 Å². The number of sulfonamides is 1. The molecule has 2 N–H and O–H groups in total. The summed E-state index contributed by atoms with van der Waals surface area (Å²) in [6, 6.07) is 7.36. The highest BCUT2D eigenvalue weighted by atomic mass is 32.2. The summed E-state index contributed by atoms with van der Waals surface area (Å²) in [5.74, 6) is -0.0650. The third-order valence-electron chi connectivity index (χ3n) is 2.60. The van der Waals surface area contributed by atoms with Gasteiger partial charge in [0.25, 0.3) is 0 Å². The smallest absolute Gasteiger partial charge is 0.232 e. The Kier molecular flexibility index (Phi) is 4.76. The molecule has 0 amide bonds. The average Bonchev–Trinajstić information content (AvgIpc) is 2.25. The van der Waals surface area contributed by atoms with Crippen LogP contribution in [-0.2, 0) is 15.4 Å². The van der Waals surface area contributed by atoms with E-state index in [0.29, 0.717) is 5.69 Å². The SMILES string of the molecule is CC(C)(C)c1ccc(NS(=O)(=O)CCCO)cc1. The highest BCUT2D eigenvalue weighted by molar-refractivity contribution is 7.92. The molecule has 0 aliphatic rings. The number of aliphatic hydroxyl groups excluding tert-OH is 1. The first-order chi connectivity index (χ1) is 8.24. The Morgan fingerprint density at radius 3 is 2.17 bits per heavy atom. The van der Waals surface area contributed by atoms with Crippen LogP contribution in [0.1, 0.15) is 32.8 Å². The third kappa shape index (κ3) is 4.66. The van der Waals surface area contributed by atoms with Crippen molar-refractivity contribution < 1.29 is 13.5 Å². The lowest BCUT2D eigenvalue weighted by Crippen LogP contribution is -2.17. The van der Waals surface area contributed by atoms with Gasteiger partial charge in [-0.05, 0) is 29.5 Å². The van der Waals surface area contributed by atoms with E-state index in [2.05, 4.69) is 25.5 Å². The first kappa shape index (κ1) is 15.0. The van der Waals surface area contributed by atoms with Crippen LogP contribution in [0.3, 0.4) is 0 Å². The van der Waals surface area contributed by atoms with Crippen molar-refractivity contribution in [1.29, 1.82) is 0 Å². The first-order valence-electron chi connectivity index (χ1n) is 5.96. The summed E-state index contributed by atoms with van der Waals surface area (Å²) in [5, 5.41) is 8.63. The molecule has 0 saturated heterocycles. The van der Waals surface area contributed by atoms with Crippen LogP contribution in [0, 0.1) is 0 Å². The van der Waals surface area contributed by atoms with Gasteiger partial charge in [-0.15, -0.1) is 0 Å². The molecule has 0 spiro atoms. The molecule has 0 aliphatic carbocycles. The van der Waals surface area contributed by atoms with Gasteiger partial charge in [-0.1, -0.05) is 32.9 Å². The van der Waals surface area contributed by atoms with Crippen molar-refractivity contribution in [2.45, 2.75) is 32.6 Å². The Bertz CT molecular complexity index is 472. The van der Waals surface area contributed by atoms with Gasteiger partial charge in [0.15, 0.2) is 0 Å². The van der Waals surface area contributed by atoms with E-state index in [1.165, 1.54) is 0 Å². The lowest BCUT2D eigenvalue weighted by molar-refractivity contribution is 0.295. The van der Waals surface area contributed by atoms with E-state index < -0.39 is 10.0 Å². The lowest BCUT2D eigenvalue weighted by Gasteiger charge is -2.19. The monoisotopic (exact) mass is 271 g/mol. The van der Waals surface area contributed by atoms with Crippen LogP contribution in [-0.4, -0.2) is 25.9 Å². The zero-order valence-corrected chi connectivity index (χ0v) is 11.9. The van der Waals surface area contributed by atoms with E-state index in [1.54, 1.807) is 12.1 Å². The van der Waals surface area contributed by atoms with Crippen LogP contribution in [0.4, 0.5) is 5.69 Å². The zero-order chi connectivity index (χ0) is 13.8. The lowest BCUT2D eigenvalue weighted by atomic mass is 9.87. The fourth-order valence-corrected chi connectivity index (χ4v) is 2.63. The molecule has 0 aromatic heterocycles. The molecule has 18 heavy (non-hydrogen) atoms. The first-order valence-corrected chi connectivity index (χ1v) is 7.62. The van der Waals surface area contributed by atoms with Crippen LogP contribution >= 0.6 is 0 Å². The summed E-state index contributed by atoms with van der Waals surface area (Å²) in [5.41, 5.74) is 1.76. The van der Waals surface area contributed by atoms with E-state index in [9.17, 15) is 8.42 Å². The topological polar surface area (TPSA) is 66.4 Å². The van der Waals surface area contributed by atoms with Gasteiger partial charge in [0.05, 0.1) is 5.75 Å². The second-order valence-electron chi connectivity index (χ2n) is 5.33. The molecule has 0 saturated carbocycles. The normalized spacial score (nSPS) is 12.4. The zero-order valence-electron chi connectivity index (χ0n) is 11.1. The maximum Gasteiger partial charge on any atom is 0.232 e. The molecule has 5 heteroatoms. The van der Waals surface area contributed by atoms with Crippen LogP contribution in [0.5, 0.6) is 0 Å². The summed E-state index contributed by atoms with van der Waals surface area (Å²) < 4.78 is 25.7. The van der Waals surface area contributed by atoms with Gasteiger partial charge < -0.3 is 5.11 Å². The second-order valence-corrected chi connectivity index (χ2v) is 7.17. The van der Waals surface area contributed by atoms with Gasteiger partial charge in [0.2, 0.25) is 10.0 Å². The van der Waals surface area contributed by atoms with Gasteiger partial charge in [0.1, 0.15) is 0 Å².